The molecule has 0 aromatic carbocycles. The van der Waals surface area contributed by atoms with Crippen LogP contribution in [0, 0.1) is 0 Å². The zero-order valence-electron chi connectivity index (χ0n) is 8.25. The number of nitrogens with zero attached hydrogens (tertiary/aromatic N) is 3. The Morgan fingerprint density at radius 1 is 1.44 bits per heavy atom. The van der Waals surface area contributed by atoms with Crippen LogP contribution in [-0.2, 0) is 0 Å². The van der Waals surface area contributed by atoms with Gasteiger partial charge in [0.2, 0.25) is 11.7 Å². The van der Waals surface area contributed by atoms with Crippen LogP contribution in [0.4, 0.5) is 0 Å². The Kier molecular flexibility index (Phi) is 2.78. The average Bonchev–Trinajstić information content (AvgIpc) is 2.77. The van der Waals surface area contributed by atoms with E-state index >= 15 is 0 Å². The molecule has 6 nitrogen and oxygen atoms in total. The van der Waals surface area contributed by atoms with Crippen molar-refractivity contribution in [1.82, 2.24) is 14.3 Å². The summed E-state index contributed by atoms with van der Waals surface area (Å²) in [5, 5.41) is 8.63. The van der Waals surface area contributed by atoms with Crippen LogP contribution in [0.1, 0.15) is 10.6 Å². The Labute approximate surface area is 94.7 Å². The summed E-state index contributed by atoms with van der Waals surface area (Å²) in [5.41, 5.74) is 0.714. The number of rotatable bonds is 3. The molecule has 2 aromatic heterocycles. The van der Waals surface area contributed by atoms with Gasteiger partial charge in [0.05, 0.1) is 12.0 Å². The predicted molar refractivity (Wildman–Crippen MR) is 56.7 cm³/mol. The fraction of sp³-hybridized carbons (Fsp3) is 0.111. The molecule has 7 heteroatoms. The zero-order chi connectivity index (χ0) is 11.5. The number of aromatic nitrogens is 3. The fourth-order valence-electron chi connectivity index (χ4n) is 1.06. The molecule has 0 atom stereocenters. The maximum Gasteiger partial charge on any atom is 0.373 e. The van der Waals surface area contributed by atoms with E-state index in [1.807, 2.05) is 0 Å². The third kappa shape index (κ3) is 1.98. The molecular weight excluding hydrogens is 230 g/mol. The van der Waals surface area contributed by atoms with E-state index in [4.69, 9.17) is 9.84 Å². The molecule has 1 N–H and O–H groups in total. The summed E-state index contributed by atoms with van der Waals surface area (Å²) in [6, 6.07) is 1.74. The van der Waals surface area contributed by atoms with Gasteiger partial charge >= 0.3 is 5.97 Å². The molecular formula is C9H7N3O3S. The first kappa shape index (κ1) is 10.5. The number of carbonyl (C=O) groups is 1. The molecule has 0 saturated heterocycles. The smallest absolute Gasteiger partial charge is 0.373 e. The summed E-state index contributed by atoms with van der Waals surface area (Å²) in [6.07, 6.45) is 2.90. The van der Waals surface area contributed by atoms with Crippen LogP contribution in [0.2, 0.25) is 0 Å². The standard InChI is InChI=1S/C9H7N3O3S/c1-15-7-2-6(16-12-7)5-3-10-8(9(13)14)11-4-5/h2-4H,1H3,(H,13,14). The SMILES string of the molecule is COc1cc(-c2cnc(C(=O)O)nc2)sn1. The van der Waals surface area contributed by atoms with Crippen molar-refractivity contribution in [3.8, 4) is 16.3 Å². The highest BCUT2D eigenvalue weighted by atomic mass is 32.1. The van der Waals surface area contributed by atoms with Crippen LogP contribution < -0.4 is 4.74 Å². The molecule has 0 aliphatic carbocycles. The molecule has 0 bridgehead atoms. The van der Waals surface area contributed by atoms with Gasteiger partial charge in [-0.25, -0.2) is 14.8 Å². The van der Waals surface area contributed by atoms with Gasteiger partial charge in [-0.15, -0.1) is 0 Å². The highest BCUT2D eigenvalue weighted by Crippen LogP contribution is 2.26. The molecule has 0 radical (unpaired) electrons. The van der Waals surface area contributed by atoms with Gasteiger partial charge < -0.3 is 9.84 Å². The van der Waals surface area contributed by atoms with E-state index in [0.717, 1.165) is 4.88 Å². The molecule has 0 unspecified atom stereocenters. The summed E-state index contributed by atoms with van der Waals surface area (Å²) in [7, 11) is 1.53. The molecule has 2 heterocycles. The molecule has 82 valence electrons. The highest BCUT2D eigenvalue weighted by molar-refractivity contribution is 7.09. The number of carboxylic acids is 1. The second-order valence-electron chi connectivity index (χ2n) is 2.83. The Morgan fingerprint density at radius 3 is 2.62 bits per heavy atom. The van der Waals surface area contributed by atoms with E-state index in [1.165, 1.54) is 31.0 Å². The van der Waals surface area contributed by atoms with Gasteiger partial charge in [0.1, 0.15) is 0 Å². The van der Waals surface area contributed by atoms with Crippen LogP contribution >= 0.6 is 11.5 Å². The number of aromatic carboxylic acids is 1. The monoisotopic (exact) mass is 237 g/mol. The van der Waals surface area contributed by atoms with Crippen molar-refractivity contribution >= 4 is 17.5 Å². The number of carboxylic acid groups (broad SMARTS) is 1. The second-order valence-corrected chi connectivity index (χ2v) is 3.64. The summed E-state index contributed by atoms with van der Waals surface area (Å²) >= 11 is 1.24. The number of methoxy groups -OCH3 is 1. The predicted octanol–water partition coefficient (Wildman–Crippen LogP) is 1.31. The quantitative estimate of drug-likeness (QED) is 0.866. The lowest BCUT2D eigenvalue weighted by atomic mass is 10.3. The molecule has 0 saturated carbocycles. The van der Waals surface area contributed by atoms with Crippen LogP contribution in [0.15, 0.2) is 18.5 Å². The van der Waals surface area contributed by atoms with E-state index in [2.05, 4.69) is 14.3 Å². The summed E-state index contributed by atoms with van der Waals surface area (Å²) in [5.74, 6) is -0.851. The van der Waals surface area contributed by atoms with Crippen molar-refractivity contribution in [1.29, 1.82) is 0 Å². The van der Waals surface area contributed by atoms with Crippen molar-refractivity contribution in [3.63, 3.8) is 0 Å². The number of hydrogen-bond acceptors (Lipinski definition) is 6. The van der Waals surface area contributed by atoms with Gasteiger partial charge in [-0.2, -0.15) is 4.37 Å². The Hall–Kier alpha value is -2.02. The fourth-order valence-corrected chi connectivity index (χ4v) is 1.74. The lowest BCUT2D eigenvalue weighted by Crippen LogP contribution is -2.02. The third-order valence-corrected chi connectivity index (χ3v) is 2.65. The van der Waals surface area contributed by atoms with Crippen molar-refractivity contribution < 1.29 is 14.6 Å². The zero-order valence-corrected chi connectivity index (χ0v) is 9.06. The van der Waals surface area contributed by atoms with E-state index < -0.39 is 5.97 Å². The van der Waals surface area contributed by atoms with Crippen LogP contribution in [0.5, 0.6) is 5.88 Å². The molecule has 0 fully saturated rings. The maximum atomic E-state index is 10.5. The topological polar surface area (TPSA) is 85.2 Å². The van der Waals surface area contributed by atoms with Gasteiger partial charge in [-0.05, 0) is 11.5 Å². The van der Waals surface area contributed by atoms with E-state index in [-0.39, 0.29) is 5.82 Å². The van der Waals surface area contributed by atoms with Gasteiger partial charge in [-0.1, -0.05) is 0 Å². The molecule has 0 amide bonds. The molecule has 0 aliphatic rings. The number of ether oxygens (including phenoxy) is 1. The molecule has 0 aliphatic heterocycles. The largest absolute Gasteiger partial charge is 0.480 e. The third-order valence-electron chi connectivity index (χ3n) is 1.83. The summed E-state index contributed by atoms with van der Waals surface area (Å²) < 4.78 is 8.96. The van der Waals surface area contributed by atoms with Crippen LogP contribution in [-0.4, -0.2) is 32.5 Å². The van der Waals surface area contributed by atoms with E-state index in [1.54, 1.807) is 6.07 Å². The molecule has 2 aromatic rings. The Balaban J connectivity index is 2.30. The second kappa shape index (κ2) is 4.23. The highest BCUT2D eigenvalue weighted by Gasteiger charge is 2.09. The minimum Gasteiger partial charge on any atom is -0.480 e. The van der Waals surface area contributed by atoms with E-state index in [0.29, 0.717) is 11.4 Å². The van der Waals surface area contributed by atoms with Gasteiger partial charge in [0.15, 0.2) is 0 Å². The molecule has 16 heavy (non-hydrogen) atoms. The van der Waals surface area contributed by atoms with Crippen molar-refractivity contribution in [2.45, 2.75) is 0 Å². The van der Waals surface area contributed by atoms with E-state index in [9.17, 15) is 4.79 Å². The lowest BCUT2D eigenvalue weighted by molar-refractivity contribution is 0.0683. The van der Waals surface area contributed by atoms with Gasteiger partial charge in [0.25, 0.3) is 0 Å². The van der Waals surface area contributed by atoms with Crippen LogP contribution in [0.25, 0.3) is 10.4 Å². The van der Waals surface area contributed by atoms with Gasteiger partial charge in [0, 0.05) is 24.0 Å². The Morgan fingerprint density at radius 2 is 2.12 bits per heavy atom. The average molecular weight is 237 g/mol. The van der Waals surface area contributed by atoms with Crippen LogP contribution in [0.3, 0.4) is 0 Å². The first-order valence-electron chi connectivity index (χ1n) is 4.27. The Bertz CT molecular complexity index is 509. The van der Waals surface area contributed by atoms with Crippen molar-refractivity contribution in [2.75, 3.05) is 7.11 Å². The first-order chi connectivity index (χ1) is 7.70. The number of hydrogen-bond donors (Lipinski definition) is 1. The molecule has 2 rings (SSSR count). The summed E-state index contributed by atoms with van der Waals surface area (Å²) in [4.78, 5) is 18.8. The lowest BCUT2D eigenvalue weighted by Gasteiger charge is -1.95. The minimum atomic E-state index is -1.14. The first-order valence-corrected chi connectivity index (χ1v) is 5.04. The van der Waals surface area contributed by atoms with Crippen molar-refractivity contribution in [2.24, 2.45) is 0 Å². The minimum absolute atomic E-state index is 0.222. The maximum absolute atomic E-state index is 10.5. The van der Waals surface area contributed by atoms with Crippen molar-refractivity contribution in [3.05, 3.63) is 24.3 Å². The van der Waals surface area contributed by atoms with Gasteiger partial charge in [-0.3, -0.25) is 0 Å². The normalized spacial score (nSPS) is 10.1. The molecule has 0 spiro atoms. The summed E-state index contributed by atoms with van der Waals surface area (Å²) in [6.45, 7) is 0.